The van der Waals surface area contributed by atoms with E-state index in [1.807, 2.05) is 5.51 Å². The van der Waals surface area contributed by atoms with Gasteiger partial charge < -0.3 is 5.32 Å². The maximum atomic E-state index is 4.38. The molecule has 1 aliphatic rings. The van der Waals surface area contributed by atoms with Gasteiger partial charge in [-0.2, -0.15) is 0 Å². The number of nitrogens with zero attached hydrogens (tertiary/aromatic N) is 1. The summed E-state index contributed by atoms with van der Waals surface area (Å²) in [5.41, 5.74) is 6.37. The van der Waals surface area contributed by atoms with E-state index in [9.17, 15) is 0 Å². The van der Waals surface area contributed by atoms with Crippen LogP contribution in [0.4, 0.5) is 0 Å². The summed E-state index contributed by atoms with van der Waals surface area (Å²) in [7, 11) is 0. The molecular formula is C18H24N2S. The maximum Gasteiger partial charge on any atom is 0.0798 e. The molecule has 1 heterocycles. The summed E-state index contributed by atoms with van der Waals surface area (Å²) < 4.78 is 0. The lowest BCUT2D eigenvalue weighted by atomic mass is 9.71. The third-order valence-corrected chi connectivity index (χ3v) is 5.86. The molecular weight excluding hydrogens is 276 g/mol. The number of hydrogen-bond acceptors (Lipinski definition) is 3. The fraction of sp³-hybridized carbons (Fsp3) is 0.500. The monoisotopic (exact) mass is 300 g/mol. The number of hydrogen-bond donors (Lipinski definition) is 1. The molecule has 0 aliphatic heterocycles. The summed E-state index contributed by atoms with van der Waals surface area (Å²) in [5, 5.41) is 3.83. The zero-order valence-electron chi connectivity index (χ0n) is 13.3. The highest BCUT2D eigenvalue weighted by Gasteiger charge is 2.32. The van der Waals surface area contributed by atoms with Crippen molar-refractivity contribution in [3.8, 4) is 0 Å². The van der Waals surface area contributed by atoms with E-state index in [1.165, 1.54) is 28.8 Å². The highest BCUT2D eigenvalue weighted by atomic mass is 32.1. The summed E-state index contributed by atoms with van der Waals surface area (Å²) in [5.74, 6) is 0. The van der Waals surface area contributed by atoms with E-state index >= 15 is 0 Å². The van der Waals surface area contributed by atoms with Crippen LogP contribution < -0.4 is 5.32 Å². The zero-order chi connectivity index (χ0) is 15.0. The zero-order valence-corrected chi connectivity index (χ0v) is 14.1. The van der Waals surface area contributed by atoms with Crippen LogP contribution in [-0.2, 0) is 5.41 Å². The Balaban J connectivity index is 1.86. The number of thiazole rings is 1. The first kappa shape index (κ1) is 14.7. The van der Waals surface area contributed by atoms with Gasteiger partial charge >= 0.3 is 0 Å². The molecule has 0 spiro atoms. The Kier molecular flexibility index (Phi) is 3.89. The lowest BCUT2D eigenvalue weighted by Crippen LogP contribution is -2.33. The standard InChI is InChI=1S/C18H24N2S/c1-12-17(21-11-19-12)13(2)20-16-9-10-18(3,4)15-8-6-5-7-14(15)16/h5-8,11,13,16,20H,9-10H2,1-4H3/t13-,16-/m0/s1. The number of aromatic nitrogens is 1. The highest BCUT2D eigenvalue weighted by Crippen LogP contribution is 2.42. The van der Waals surface area contributed by atoms with Gasteiger partial charge in [-0.1, -0.05) is 38.1 Å². The van der Waals surface area contributed by atoms with E-state index < -0.39 is 0 Å². The molecule has 0 fully saturated rings. The third kappa shape index (κ3) is 2.77. The van der Waals surface area contributed by atoms with Gasteiger partial charge in [0, 0.05) is 17.0 Å². The van der Waals surface area contributed by atoms with Crippen molar-refractivity contribution in [3.05, 3.63) is 51.5 Å². The van der Waals surface area contributed by atoms with E-state index in [-0.39, 0.29) is 0 Å². The van der Waals surface area contributed by atoms with E-state index in [4.69, 9.17) is 0 Å². The first-order chi connectivity index (χ1) is 9.99. The van der Waals surface area contributed by atoms with E-state index in [0.717, 1.165) is 5.69 Å². The SMILES string of the molecule is Cc1ncsc1[C@H](C)N[C@H]1CCC(C)(C)c2ccccc21. The second-order valence-corrected chi connectivity index (χ2v) is 7.64. The summed E-state index contributed by atoms with van der Waals surface area (Å²) in [4.78, 5) is 5.74. The van der Waals surface area contributed by atoms with Crippen molar-refractivity contribution in [1.29, 1.82) is 0 Å². The van der Waals surface area contributed by atoms with Crippen molar-refractivity contribution in [3.63, 3.8) is 0 Å². The average Bonchev–Trinajstić information content (AvgIpc) is 2.89. The molecule has 0 saturated heterocycles. The fourth-order valence-corrected chi connectivity index (χ4v) is 4.31. The Morgan fingerprint density at radius 1 is 1.33 bits per heavy atom. The van der Waals surface area contributed by atoms with Gasteiger partial charge in [0.2, 0.25) is 0 Å². The molecule has 1 aliphatic carbocycles. The van der Waals surface area contributed by atoms with Crippen LogP contribution in [0.15, 0.2) is 29.8 Å². The van der Waals surface area contributed by atoms with Gasteiger partial charge in [-0.3, -0.25) is 0 Å². The van der Waals surface area contributed by atoms with Gasteiger partial charge in [0.1, 0.15) is 0 Å². The van der Waals surface area contributed by atoms with Crippen LogP contribution in [0.3, 0.4) is 0 Å². The molecule has 0 saturated carbocycles. The lowest BCUT2D eigenvalue weighted by Gasteiger charge is -2.38. The molecule has 1 aromatic carbocycles. The Labute approximate surface area is 131 Å². The first-order valence-corrected chi connectivity index (χ1v) is 8.62. The predicted molar refractivity (Wildman–Crippen MR) is 89.8 cm³/mol. The predicted octanol–water partition coefficient (Wildman–Crippen LogP) is 4.91. The van der Waals surface area contributed by atoms with Crippen LogP contribution in [0.25, 0.3) is 0 Å². The molecule has 1 N–H and O–H groups in total. The van der Waals surface area contributed by atoms with Crippen LogP contribution in [-0.4, -0.2) is 4.98 Å². The third-order valence-electron chi connectivity index (χ3n) is 4.75. The van der Waals surface area contributed by atoms with Gasteiger partial charge in [0.05, 0.1) is 11.2 Å². The molecule has 1 aromatic heterocycles. The minimum atomic E-state index is 0.290. The Bertz CT molecular complexity index is 630. The van der Waals surface area contributed by atoms with E-state index in [2.05, 4.69) is 62.3 Å². The molecule has 2 atom stereocenters. The molecule has 21 heavy (non-hydrogen) atoms. The molecule has 3 heteroatoms. The smallest absolute Gasteiger partial charge is 0.0798 e. The molecule has 112 valence electrons. The van der Waals surface area contributed by atoms with Gasteiger partial charge in [-0.05, 0) is 43.2 Å². The number of rotatable bonds is 3. The Morgan fingerprint density at radius 3 is 2.81 bits per heavy atom. The van der Waals surface area contributed by atoms with Gasteiger partial charge in [0.25, 0.3) is 0 Å². The van der Waals surface area contributed by atoms with Crippen LogP contribution >= 0.6 is 11.3 Å². The summed E-state index contributed by atoms with van der Waals surface area (Å²) in [6.07, 6.45) is 2.43. The summed E-state index contributed by atoms with van der Waals surface area (Å²) >= 11 is 1.75. The highest BCUT2D eigenvalue weighted by molar-refractivity contribution is 7.09. The van der Waals surface area contributed by atoms with E-state index in [1.54, 1.807) is 11.3 Å². The van der Waals surface area contributed by atoms with Crippen molar-refractivity contribution < 1.29 is 0 Å². The van der Waals surface area contributed by atoms with Crippen LogP contribution in [0.5, 0.6) is 0 Å². The Hall–Kier alpha value is -1.19. The number of aryl methyl sites for hydroxylation is 1. The number of nitrogens with one attached hydrogen (secondary N) is 1. The quantitative estimate of drug-likeness (QED) is 0.870. The van der Waals surface area contributed by atoms with Crippen LogP contribution in [0, 0.1) is 6.92 Å². The molecule has 3 rings (SSSR count). The van der Waals surface area contributed by atoms with Crippen molar-refractivity contribution >= 4 is 11.3 Å². The first-order valence-electron chi connectivity index (χ1n) is 7.74. The van der Waals surface area contributed by atoms with Crippen molar-refractivity contribution in [1.82, 2.24) is 10.3 Å². The van der Waals surface area contributed by atoms with Gasteiger partial charge in [-0.25, -0.2) is 4.98 Å². The van der Waals surface area contributed by atoms with E-state index in [0.29, 0.717) is 17.5 Å². The minimum absolute atomic E-state index is 0.290. The van der Waals surface area contributed by atoms with Crippen LogP contribution in [0.2, 0.25) is 0 Å². The minimum Gasteiger partial charge on any atom is -0.303 e. The Morgan fingerprint density at radius 2 is 2.10 bits per heavy atom. The molecule has 2 nitrogen and oxygen atoms in total. The lowest BCUT2D eigenvalue weighted by molar-refractivity contribution is 0.341. The van der Waals surface area contributed by atoms with Gasteiger partial charge in [0.15, 0.2) is 0 Å². The average molecular weight is 300 g/mol. The second kappa shape index (κ2) is 5.54. The molecule has 2 aromatic rings. The van der Waals surface area contributed by atoms with Crippen LogP contribution in [0.1, 0.15) is 67.4 Å². The van der Waals surface area contributed by atoms with Crippen molar-refractivity contribution in [2.45, 2.75) is 58.0 Å². The molecule has 0 unspecified atom stereocenters. The second-order valence-electron chi connectivity index (χ2n) is 6.75. The molecule has 0 amide bonds. The van der Waals surface area contributed by atoms with Crippen molar-refractivity contribution in [2.24, 2.45) is 0 Å². The maximum absolute atomic E-state index is 4.38. The largest absolute Gasteiger partial charge is 0.303 e. The number of fused-ring (bicyclic) bond motifs is 1. The summed E-state index contributed by atoms with van der Waals surface area (Å²) in [6, 6.07) is 9.73. The van der Waals surface area contributed by atoms with Gasteiger partial charge in [-0.15, -0.1) is 11.3 Å². The normalized spacial score (nSPS) is 21.8. The summed E-state index contributed by atoms with van der Waals surface area (Å²) in [6.45, 7) is 9.07. The topological polar surface area (TPSA) is 24.9 Å². The molecule has 0 radical (unpaired) electrons. The fourth-order valence-electron chi connectivity index (χ4n) is 3.49. The van der Waals surface area contributed by atoms with Crippen molar-refractivity contribution in [2.75, 3.05) is 0 Å². The number of benzene rings is 1. The molecule has 0 bridgehead atoms.